The summed E-state index contributed by atoms with van der Waals surface area (Å²) in [5.74, 6) is 0.859. The topological polar surface area (TPSA) is 142 Å². The van der Waals surface area contributed by atoms with Gasteiger partial charge in [-0.05, 0) is 13.0 Å². The molecule has 5 N–H and O–H groups in total. The highest BCUT2D eigenvalue weighted by atomic mass is 16.6. The average Bonchev–Trinajstić information content (AvgIpc) is 3.03. The van der Waals surface area contributed by atoms with Crippen LogP contribution in [0.2, 0.25) is 0 Å². The van der Waals surface area contributed by atoms with Gasteiger partial charge in [-0.1, -0.05) is 0 Å². The maximum absolute atomic E-state index is 10.7. The highest BCUT2D eigenvalue weighted by Gasteiger charge is 2.53. The molecule has 1 saturated heterocycles. The molecule has 1 fully saturated rings. The molecule has 2 aliphatic heterocycles. The minimum atomic E-state index is -1.60. The third kappa shape index (κ3) is 1.82. The number of hydrogen-bond acceptors (Lipinski definition) is 9. The molecule has 0 unspecified atom stereocenters. The van der Waals surface area contributed by atoms with E-state index in [-0.39, 0.29) is 0 Å². The van der Waals surface area contributed by atoms with Crippen molar-refractivity contribution in [3.8, 4) is 0 Å². The molecule has 4 heterocycles. The molecule has 0 spiro atoms. The first kappa shape index (κ1) is 15.3. The number of nitrogens with zero attached hydrogens (tertiary/aromatic N) is 5. The number of rotatable bonds is 2. The first-order valence-corrected chi connectivity index (χ1v) is 7.47. The quantitative estimate of drug-likeness (QED) is 0.511. The second-order valence-corrected chi connectivity index (χ2v) is 6.24. The third-order valence-corrected chi connectivity index (χ3v) is 4.64. The van der Waals surface area contributed by atoms with Crippen LogP contribution in [0.5, 0.6) is 0 Å². The maximum atomic E-state index is 10.7. The first-order chi connectivity index (χ1) is 11.4. The number of aliphatic hydroxyl groups is 3. The van der Waals surface area contributed by atoms with Crippen molar-refractivity contribution in [1.82, 2.24) is 14.6 Å². The Labute approximate surface area is 136 Å². The van der Waals surface area contributed by atoms with Crippen LogP contribution in [0.15, 0.2) is 17.5 Å². The van der Waals surface area contributed by atoms with Gasteiger partial charge in [0, 0.05) is 12.6 Å². The fourth-order valence-corrected chi connectivity index (χ4v) is 3.37. The monoisotopic (exact) mass is 334 g/mol. The summed E-state index contributed by atoms with van der Waals surface area (Å²) in [6, 6.07) is 1.71. The summed E-state index contributed by atoms with van der Waals surface area (Å²) in [4.78, 5) is 4.21. The van der Waals surface area contributed by atoms with Gasteiger partial charge in [0.15, 0.2) is 11.7 Å². The van der Waals surface area contributed by atoms with Crippen LogP contribution in [0.4, 0.5) is 5.82 Å². The van der Waals surface area contributed by atoms with E-state index in [1.54, 1.807) is 22.6 Å². The molecule has 4 atom stereocenters. The molecule has 24 heavy (non-hydrogen) atoms. The lowest BCUT2D eigenvalue weighted by Gasteiger charge is -2.26. The molecule has 4 rings (SSSR count). The van der Waals surface area contributed by atoms with Crippen molar-refractivity contribution in [1.29, 1.82) is 0 Å². The predicted molar refractivity (Wildman–Crippen MR) is 83.4 cm³/mol. The maximum Gasteiger partial charge on any atom is 0.177 e. The number of hydrogen-bond donors (Lipinski definition) is 4. The molecule has 2 aromatic rings. The van der Waals surface area contributed by atoms with E-state index in [4.69, 9.17) is 10.5 Å². The van der Waals surface area contributed by atoms with Gasteiger partial charge in [0.2, 0.25) is 0 Å². The van der Waals surface area contributed by atoms with E-state index in [2.05, 4.69) is 15.2 Å². The normalized spacial score (nSPS) is 32.5. The molecule has 0 aliphatic carbocycles. The number of hydrazone groups is 1. The number of ether oxygens (including phenoxy) is 1. The number of nitrogens with two attached hydrogens (primary N) is 1. The van der Waals surface area contributed by atoms with Crippen LogP contribution in [0.1, 0.15) is 24.3 Å². The largest absolute Gasteiger partial charge is 0.394 e. The molecule has 2 aliphatic rings. The number of amidine groups is 1. The zero-order chi connectivity index (χ0) is 17.2. The standard InChI is InChI=1S/C14H18N6O4/c1-14(23)10(22)8(4-21)24-11(14)7-3-6-9-13(16-5-17-20(7)9)19(2)18-12(6)15/h3,5,8,10-11,21-23H,4H2,1-2H3,(H2,15,18)/t8-,10-,11+,14-/m1/s1. The lowest BCUT2D eigenvalue weighted by molar-refractivity contribution is -0.0664. The smallest absolute Gasteiger partial charge is 0.177 e. The minimum absolute atomic E-state index is 0.292. The first-order valence-electron chi connectivity index (χ1n) is 7.47. The number of aliphatic hydroxyl groups excluding tert-OH is 2. The van der Waals surface area contributed by atoms with Crippen LogP contribution in [0, 0.1) is 0 Å². The van der Waals surface area contributed by atoms with Gasteiger partial charge in [-0.2, -0.15) is 10.2 Å². The summed E-state index contributed by atoms with van der Waals surface area (Å²) < 4.78 is 7.26. The van der Waals surface area contributed by atoms with Crippen LogP contribution in [0.3, 0.4) is 0 Å². The Kier molecular flexibility index (Phi) is 3.09. The van der Waals surface area contributed by atoms with E-state index in [0.29, 0.717) is 28.4 Å². The second kappa shape index (κ2) is 4.86. The van der Waals surface area contributed by atoms with Gasteiger partial charge in [-0.25, -0.2) is 14.5 Å². The van der Waals surface area contributed by atoms with Crippen molar-refractivity contribution in [2.75, 3.05) is 18.7 Å². The Morgan fingerprint density at radius 1 is 1.46 bits per heavy atom. The predicted octanol–water partition coefficient (Wildman–Crippen LogP) is -1.66. The van der Waals surface area contributed by atoms with Crippen LogP contribution in [0.25, 0.3) is 5.52 Å². The van der Waals surface area contributed by atoms with Crippen molar-refractivity contribution in [2.24, 2.45) is 10.8 Å². The zero-order valence-electron chi connectivity index (χ0n) is 13.2. The van der Waals surface area contributed by atoms with Crippen molar-refractivity contribution in [3.63, 3.8) is 0 Å². The highest BCUT2D eigenvalue weighted by molar-refractivity contribution is 6.08. The van der Waals surface area contributed by atoms with Crippen LogP contribution in [-0.2, 0) is 4.74 Å². The lowest BCUT2D eigenvalue weighted by Crippen LogP contribution is -2.43. The van der Waals surface area contributed by atoms with E-state index in [1.807, 2.05) is 0 Å². The van der Waals surface area contributed by atoms with Crippen LogP contribution in [-0.4, -0.2) is 67.2 Å². The SMILES string of the molecule is CN1N=C(N)c2cc([C@@H]3O[C@H](CO)[C@@H](O)[C@@]3(C)O)n3ncnc1c23. The van der Waals surface area contributed by atoms with Crippen molar-refractivity contribution < 1.29 is 20.1 Å². The summed E-state index contributed by atoms with van der Waals surface area (Å²) in [6.07, 6.45) is -1.65. The van der Waals surface area contributed by atoms with Crippen LogP contribution >= 0.6 is 0 Å². The summed E-state index contributed by atoms with van der Waals surface area (Å²) in [7, 11) is 1.72. The molecular formula is C14H18N6O4. The zero-order valence-corrected chi connectivity index (χ0v) is 13.2. The number of aromatic nitrogens is 3. The van der Waals surface area contributed by atoms with Crippen molar-refractivity contribution >= 4 is 17.2 Å². The molecule has 0 aromatic carbocycles. The van der Waals surface area contributed by atoms with E-state index in [1.165, 1.54) is 13.3 Å². The summed E-state index contributed by atoms with van der Waals surface area (Å²) in [5.41, 5.74) is 6.17. The van der Waals surface area contributed by atoms with Gasteiger partial charge in [0.25, 0.3) is 0 Å². The van der Waals surface area contributed by atoms with Gasteiger partial charge < -0.3 is 25.8 Å². The molecule has 2 aromatic heterocycles. The molecule has 10 heteroatoms. The van der Waals surface area contributed by atoms with Gasteiger partial charge >= 0.3 is 0 Å². The fraction of sp³-hybridized carbons (Fsp3) is 0.500. The molecule has 128 valence electrons. The van der Waals surface area contributed by atoms with Gasteiger partial charge in [0.05, 0.1) is 12.3 Å². The second-order valence-electron chi connectivity index (χ2n) is 6.24. The summed E-state index contributed by atoms with van der Waals surface area (Å²) in [5, 5.41) is 40.3. The molecule has 0 bridgehead atoms. The molecule has 0 radical (unpaired) electrons. The minimum Gasteiger partial charge on any atom is -0.394 e. The van der Waals surface area contributed by atoms with Gasteiger partial charge in [-0.3, -0.25) is 0 Å². The summed E-state index contributed by atoms with van der Waals surface area (Å²) >= 11 is 0. The Morgan fingerprint density at radius 3 is 2.88 bits per heavy atom. The molecule has 0 saturated carbocycles. The fourth-order valence-electron chi connectivity index (χ4n) is 3.37. The third-order valence-electron chi connectivity index (χ3n) is 4.64. The van der Waals surface area contributed by atoms with E-state index < -0.39 is 30.5 Å². The van der Waals surface area contributed by atoms with Crippen LogP contribution < -0.4 is 10.7 Å². The average molecular weight is 334 g/mol. The van der Waals surface area contributed by atoms with Crippen molar-refractivity contribution in [2.45, 2.75) is 30.8 Å². The van der Waals surface area contributed by atoms with E-state index >= 15 is 0 Å². The Balaban J connectivity index is 1.93. The van der Waals surface area contributed by atoms with E-state index in [0.717, 1.165) is 0 Å². The Bertz CT molecular complexity index is 847. The Hall–Kier alpha value is -2.27. The lowest BCUT2D eigenvalue weighted by atomic mass is 9.91. The molecule has 0 amide bonds. The highest BCUT2D eigenvalue weighted by Crippen LogP contribution is 2.43. The van der Waals surface area contributed by atoms with Gasteiger partial charge in [0.1, 0.15) is 35.8 Å². The van der Waals surface area contributed by atoms with Crippen molar-refractivity contribution in [3.05, 3.63) is 23.7 Å². The van der Waals surface area contributed by atoms with E-state index in [9.17, 15) is 15.3 Å². The molecule has 10 nitrogen and oxygen atoms in total. The molecular weight excluding hydrogens is 316 g/mol. The van der Waals surface area contributed by atoms with Gasteiger partial charge in [-0.15, -0.1) is 0 Å². The Morgan fingerprint density at radius 2 is 2.21 bits per heavy atom. The number of anilines is 1. The summed E-state index contributed by atoms with van der Waals surface area (Å²) in [6.45, 7) is 1.05.